The predicted octanol–water partition coefficient (Wildman–Crippen LogP) is 2.92. The van der Waals surface area contributed by atoms with Crippen molar-refractivity contribution in [1.29, 1.82) is 0 Å². The Labute approximate surface area is 158 Å². The second kappa shape index (κ2) is 9.19. The number of aryl methyl sites for hydroxylation is 1. The van der Waals surface area contributed by atoms with Crippen molar-refractivity contribution in [2.45, 2.75) is 25.9 Å². The molecule has 2 N–H and O–H groups in total. The minimum atomic E-state index is -0.285. The first-order valence-electron chi connectivity index (χ1n) is 9.09. The Kier molecular flexibility index (Phi) is 6.44. The van der Waals surface area contributed by atoms with Gasteiger partial charge in [0.25, 0.3) is 11.8 Å². The lowest BCUT2D eigenvalue weighted by Gasteiger charge is -2.12. The number of carbonyl (C=O) groups excluding carboxylic acids is 2. The summed E-state index contributed by atoms with van der Waals surface area (Å²) in [5.74, 6) is 0.169. The van der Waals surface area contributed by atoms with Crippen LogP contribution in [0.25, 0.3) is 0 Å². The third-order valence-corrected chi connectivity index (χ3v) is 4.31. The van der Waals surface area contributed by atoms with Crippen molar-refractivity contribution in [1.82, 2.24) is 5.32 Å². The van der Waals surface area contributed by atoms with Gasteiger partial charge in [0.05, 0.1) is 6.10 Å². The number of nitrogens with one attached hydrogen (secondary N) is 2. The van der Waals surface area contributed by atoms with Crippen LogP contribution in [0, 0.1) is 6.92 Å². The Bertz CT molecular complexity index is 783. The Hall–Kier alpha value is -2.86. The van der Waals surface area contributed by atoms with Gasteiger partial charge >= 0.3 is 0 Å². The van der Waals surface area contributed by atoms with Crippen molar-refractivity contribution in [3.63, 3.8) is 0 Å². The summed E-state index contributed by atoms with van der Waals surface area (Å²) in [5.41, 5.74) is 2.17. The Morgan fingerprint density at radius 3 is 2.74 bits per heavy atom. The van der Waals surface area contributed by atoms with E-state index < -0.39 is 0 Å². The van der Waals surface area contributed by atoms with Crippen LogP contribution in [0.1, 0.15) is 28.8 Å². The first-order chi connectivity index (χ1) is 13.1. The lowest BCUT2D eigenvalue weighted by Crippen LogP contribution is -2.31. The molecule has 1 aliphatic rings. The molecule has 2 aromatic carbocycles. The molecule has 1 atom stereocenters. The molecule has 0 radical (unpaired) electrons. The molecule has 0 bridgehead atoms. The van der Waals surface area contributed by atoms with E-state index in [0.29, 0.717) is 23.5 Å². The molecule has 142 valence electrons. The average molecular weight is 368 g/mol. The van der Waals surface area contributed by atoms with Crippen molar-refractivity contribution in [2.75, 3.05) is 25.1 Å². The minimum absolute atomic E-state index is 0.0933. The van der Waals surface area contributed by atoms with Crippen LogP contribution in [-0.2, 0) is 9.53 Å². The molecule has 1 aliphatic heterocycles. The summed E-state index contributed by atoms with van der Waals surface area (Å²) in [6.45, 7) is 3.14. The maximum atomic E-state index is 12.3. The summed E-state index contributed by atoms with van der Waals surface area (Å²) in [6, 6.07) is 14.3. The number of carbonyl (C=O) groups is 2. The highest BCUT2D eigenvalue weighted by Crippen LogP contribution is 2.14. The summed E-state index contributed by atoms with van der Waals surface area (Å²) in [4.78, 5) is 24.4. The normalized spacial score (nSPS) is 16.0. The van der Waals surface area contributed by atoms with E-state index in [0.717, 1.165) is 25.0 Å². The van der Waals surface area contributed by atoms with E-state index in [1.165, 1.54) is 0 Å². The zero-order chi connectivity index (χ0) is 19.1. The third kappa shape index (κ3) is 5.82. The van der Waals surface area contributed by atoms with Crippen LogP contribution in [0.15, 0.2) is 48.5 Å². The Morgan fingerprint density at radius 1 is 1.19 bits per heavy atom. The molecule has 0 aromatic heterocycles. The van der Waals surface area contributed by atoms with Gasteiger partial charge in [-0.2, -0.15) is 0 Å². The van der Waals surface area contributed by atoms with E-state index in [2.05, 4.69) is 10.6 Å². The number of hydrogen-bond donors (Lipinski definition) is 2. The summed E-state index contributed by atoms with van der Waals surface area (Å²) in [6.07, 6.45) is 2.10. The number of amides is 2. The third-order valence-electron chi connectivity index (χ3n) is 4.31. The zero-order valence-electron chi connectivity index (χ0n) is 15.4. The number of ether oxygens (including phenoxy) is 2. The second-order valence-electron chi connectivity index (χ2n) is 6.58. The van der Waals surface area contributed by atoms with Gasteiger partial charge in [-0.3, -0.25) is 9.59 Å². The van der Waals surface area contributed by atoms with Crippen LogP contribution >= 0.6 is 0 Å². The molecule has 6 heteroatoms. The highest BCUT2D eigenvalue weighted by atomic mass is 16.5. The highest BCUT2D eigenvalue weighted by Gasteiger charge is 2.17. The van der Waals surface area contributed by atoms with Crippen LogP contribution in [0.2, 0.25) is 0 Å². The Morgan fingerprint density at radius 2 is 2.00 bits per heavy atom. The number of hydrogen-bond acceptors (Lipinski definition) is 4. The average Bonchev–Trinajstić information content (AvgIpc) is 3.19. The van der Waals surface area contributed by atoms with Crippen LogP contribution in [-0.4, -0.2) is 37.7 Å². The van der Waals surface area contributed by atoms with Crippen molar-refractivity contribution in [3.8, 4) is 5.75 Å². The molecule has 0 saturated carbocycles. The first-order valence-corrected chi connectivity index (χ1v) is 9.09. The van der Waals surface area contributed by atoms with Gasteiger partial charge in [-0.15, -0.1) is 0 Å². The second-order valence-corrected chi connectivity index (χ2v) is 6.58. The summed E-state index contributed by atoms with van der Waals surface area (Å²) in [5, 5.41) is 5.62. The van der Waals surface area contributed by atoms with Crippen molar-refractivity contribution < 1.29 is 19.1 Å². The lowest BCUT2D eigenvalue weighted by molar-refractivity contribution is -0.118. The topological polar surface area (TPSA) is 76.7 Å². The SMILES string of the molecule is Cc1ccc(OCC(=O)Nc2cccc(C(=O)NC[C@H]3CCCO3)c2)cc1. The molecule has 3 rings (SSSR count). The smallest absolute Gasteiger partial charge is 0.262 e. The van der Waals surface area contributed by atoms with E-state index >= 15 is 0 Å². The van der Waals surface area contributed by atoms with E-state index in [1.807, 2.05) is 31.2 Å². The molecule has 1 fully saturated rings. The van der Waals surface area contributed by atoms with Gasteiger partial charge in [-0.1, -0.05) is 23.8 Å². The van der Waals surface area contributed by atoms with Gasteiger partial charge < -0.3 is 20.1 Å². The molecule has 27 heavy (non-hydrogen) atoms. The summed E-state index contributed by atoms with van der Waals surface area (Å²) < 4.78 is 11.0. The molecule has 1 heterocycles. The lowest BCUT2D eigenvalue weighted by atomic mass is 10.1. The van der Waals surface area contributed by atoms with Gasteiger partial charge in [0, 0.05) is 24.4 Å². The molecule has 0 aliphatic carbocycles. The number of anilines is 1. The van der Waals surface area contributed by atoms with Crippen LogP contribution < -0.4 is 15.4 Å². The number of benzene rings is 2. The van der Waals surface area contributed by atoms with E-state index in [9.17, 15) is 9.59 Å². The quantitative estimate of drug-likeness (QED) is 0.788. The van der Waals surface area contributed by atoms with Crippen molar-refractivity contribution in [2.24, 2.45) is 0 Å². The monoisotopic (exact) mass is 368 g/mol. The molecule has 1 saturated heterocycles. The maximum absolute atomic E-state index is 12.3. The molecule has 0 spiro atoms. The largest absolute Gasteiger partial charge is 0.484 e. The first kappa shape index (κ1) is 18.9. The van der Waals surface area contributed by atoms with E-state index in [-0.39, 0.29) is 24.5 Å². The molecular weight excluding hydrogens is 344 g/mol. The molecule has 0 unspecified atom stereocenters. The maximum Gasteiger partial charge on any atom is 0.262 e. The van der Waals surface area contributed by atoms with E-state index in [4.69, 9.17) is 9.47 Å². The van der Waals surface area contributed by atoms with Crippen LogP contribution in [0.3, 0.4) is 0 Å². The number of rotatable bonds is 7. The molecular formula is C21H24N2O4. The summed E-state index contributed by atoms with van der Waals surface area (Å²) in [7, 11) is 0. The predicted molar refractivity (Wildman–Crippen MR) is 103 cm³/mol. The van der Waals surface area contributed by atoms with Crippen molar-refractivity contribution >= 4 is 17.5 Å². The highest BCUT2D eigenvalue weighted by molar-refractivity contribution is 5.97. The fourth-order valence-electron chi connectivity index (χ4n) is 2.83. The van der Waals surface area contributed by atoms with Crippen LogP contribution in [0.4, 0.5) is 5.69 Å². The van der Waals surface area contributed by atoms with Gasteiger partial charge in [0.1, 0.15) is 5.75 Å². The van der Waals surface area contributed by atoms with Crippen molar-refractivity contribution in [3.05, 3.63) is 59.7 Å². The summed E-state index contributed by atoms with van der Waals surface area (Å²) >= 11 is 0. The molecule has 6 nitrogen and oxygen atoms in total. The van der Waals surface area contributed by atoms with Gasteiger partial charge in [-0.25, -0.2) is 0 Å². The fourth-order valence-corrected chi connectivity index (χ4v) is 2.83. The van der Waals surface area contributed by atoms with E-state index in [1.54, 1.807) is 24.3 Å². The zero-order valence-corrected chi connectivity index (χ0v) is 15.4. The molecule has 2 aromatic rings. The van der Waals surface area contributed by atoms with Gasteiger partial charge in [0.2, 0.25) is 0 Å². The van der Waals surface area contributed by atoms with Gasteiger partial charge in [-0.05, 0) is 50.1 Å². The molecule has 2 amide bonds. The Balaban J connectivity index is 1.49. The van der Waals surface area contributed by atoms with Gasteiger partial charge in [0.15, 0.2) is 6.61 Å². The van der Waals surface area contributed by atoms with Crippen LogP contribution in [0.5, 0.6) is 5.75 Å². The fraction of sp³-hybridized carbons (Fsp3) is 0.333. The minimum Gasteiger partial charge on any atom is -0.484 e. The standard InChI is InChI=1S/C21H24N2O4/c1-15-7-9-18(10-8-15)27-14-20(24)23-17-5-2-4-16(12-17)21(25)22-13-19-6-3-11-26-19/h2,4-5,7-10,12,19H,3,6,11,13-14H2,1H3,(H,22,25)(H,23,24)/t19-/m1/s1.